The Bertz CT molecular complexity index is 387. The Morgan fingerprint density at radius 3 is 2.76 bits per heavy atom. The van der Waals surface area contributed by atoms with E-state index in [2.05, 4.69) is 10.1 Å². The zero-order chi connectivity index (χ0) is 15.8. The number of ether oxygens (including phenoxy) is 2. The number of esters is 1. The highest BCUT2D eigenvalue weighted by atomic mass is 16.5. The minimum absolute atomic E-state index is 0.0484. The third-order valence-corrected chi connectivity index (χ3v) is 3.30. The van der Waals surface area contributed by atoms with E-state index in [1.54, 1.807) is 0 Å². The van der Waals surface area contributed by atoms with Crippen LogP contribution >= 0.6 is 0 Å². The van der Waals surface area contributed by atoms with Gasteiger partial charge < -0.3 is 24.8 Å². The number of unbranched alkanes of at least 4 members (excludes halogenated alkanes) is 1. The molecule has 2 N–H and O–H groups in total. The van der Waals surface area contributed by atoms with Gasteiger partial charge in [0, 0.05) is 6.54 Å². The van der Waals surface area contributed by atoms with Gasteiger partial charge in [-0.1, -0.05) is 19.8 Å². The standard InChI is InChI=1S/C13H22N2O6/c1-3-4-5-9(11(16)17)14-13(19)15-6-7-21-8-10(15)12(18)20-2/h9-10H,3-8H2,1-2H3,(H,14,19)(H,16,17)/t9-,10?/m0/s1. The van der Waals surface area contributed by atoms with Crippen molar-refractivity contribution in [2.24, 2.45) is 0 Å². The molecule has 0 aromatic heterocycles. The molecular formula is C13H22N2O6. The number of hydrogen-bond acceptors (Lipinski definition) is 5. The van der Waals surface area contributed by atoms with Crippen molar-refractivity contribution < 1.29 is 29.0 Å². The predicted molar refractivity (Wildman–Crippen MR) is 72.8 cm³/mol. The van der Waals surface area contributed by atoms with Crippen LogP contribution in [0.5, 0.6) is 0 Å². The van der Waals surface area contributed by atoms with Crippen LogP contribution in [0.3, 0.4) is 0 Å². The Labute approximate surface area is 123 Å². The predicted octanol–water partition coefficient (Wildman–Crippen LogP) is 0.213. The average Bonchev–Trinajstić information content (AvgIpc) is 2.50. The quantitative estimate of drug-likeness (QED) is 0.680. The summed E-state index contributed by atoms with van der Waals surface area (Å²) in [7, 11) is 1.23. The van der Waals surface area contributed by atoms with Crippen LogP contribution in [0.15, 0.2) is 0 Å². The molecule has 1 fully saturated rings. The lowest BCUT2D eigenvalue weighted by atomic mass is 10.1. The van der Waals surface area contributed by atoms with Gasteiger partial charge >= 0.3 is 18.0 Å². The fourth-order valence-corrected chi connectivity index (χ4v) is 2.08. The molecule has 21 heavy (non-hydrogen) atoms. The number of carboxylic acids is 1. The maximum atomic E-state index is 12.2. The molecular weight excluding hydrogens is 280 g/mol. The van der Waals surface area contributed by atoms with Crippen molar-refractivity contribution in [3.8, 4) is 0 Å². The van der Waals surface area contributed by atoms with Crippen LogP contribution in [-0.2, 0) is 19.1 Å². The first kappa shape index (κ1) is 17.2. The molecule has 1 aliphatic rings. The minimum atomic E-state index is -1.08. The molecule has 0 radical (unpaired) electrons. The van der Waals surface area contributed by atoms with Crippen molar-refractivity contribution in [1.82, 2.24) is 10.2 Å². The molecule has 1 rings (SSSR count). The van der Waals surface area contributed by atoms with E-state index in [4.69, 9.17) is 9.84 Å². The summed E-state index contributed by atoms with van der Waals surface area (Å²) in [5, 5.41) is 11.6. The molecule has 1 heterocycles. The number of amides is 2. The van der Waals surface area contributed by atoms with Gasteiger partial charge in [0.05, 0.1) is 20.3 Å². The van der Waals surface area contributed by atoms with E-state index < -0.39 is 30.1 Å². The van der Waals surface area contributed by atoms with Gasteiger partial charge in [-0.2, -0.15) is 0 Å². The average molecular weight is 302 g/mol. The van der Waals surface area contributed by atoms with Crippen LogP contribution in [0, 0.1) is 0 Å². The number of rotatable bonds is 6. The lowest BCUT2D eigenvalue weighted by Crippen LogP contribution is -2.58. The van der Waals surface area contributed by atoms with E-state index in [-0.39, 0.29) is 13.2 Å². The van der Waals surface area contributed by atoms with Crippen LogP contribution < -0.4 is 5.32 Å². The molecule has 0 aliphatic carbocycles. The van der Waals surface area contributed by atoms with Gasteiger partial charge in [0.15, 0.2) is 6.04 Å². The zero-order valence-electron chi connectivity index (χ0n) is 12.3. The first-order valence-electron chi connectivity index (χ1n) is 6.96. The van der Waals surface area contributed by atoms with E-state index in [1.807, 2.05) is 6.92 Å². The highest BCUT2D eigenvalue weighted by Gasteiger charge is 2.35. The van der Waals surface area contributed by atoms with Gasteiger partial charge in [-0.25, -0.2) is 14.4 Å². The molecule has 120 valence electrons. The van der Waals surface area contributed by atoms with E-state index in [0.29, 0.717) is 19.4 Å². The minimum Gasteiger partial charge on any atom is -0.480 e. The Morgan fingerprint density at radius 1 is 1.48 bits per heavy atom. The van der Waals surface area contributed by atoms with Gasteiger partial charge in [0.2, 0.25) is 0 Å². The third-order valence-electron chi connectivity index (χ3n) is 3.30. The van der Waals surface area contributed by atoms with Crippen molar-refractivity contribution in [2.75, 3.05) is 26.9 Å². The number of carbonyl (C=O) groups is 3. The van der Waals surface area contributed by atoms with E-state index in [9.17, 15) is 14.4 Å². The second kappa shape index (κ2) is 8.46. The number of morpholine rings is 1. The normalized spacial score (nSPS) is 19.7. The van der Waals surface area contributed by atoms with Crippen LogP contribution in [0.2, 0.25) is 0 Å². The van der Waals surface area contributed by atoms with Gasteiger partial charge in [-0.3, -0.25) is 0 Å². The molecule has 8 heteroatoms. The largest absolute Gasteiger partial charge is 0.480 e. The lowest BCUT2D eigenvalue weighted by Gasteiger charge is -2.34. The summed E-state index contributed by atoms with van der Waals surface area (Å²) < 4.78 is 9.79. The molecule has 1 saturated heterocycles. The number of carbonyl (C=O) groups excluding carboxylic acids is 2. The molecule has 0 bridgehead atoms. The van der Waals surface area contributed by atoms with E-state index in [0.717, 1.165) is 6.42 Å². The van der Waals surface area contributed by atoms with Crippen molar-refractivity contribution in [2.45, 2.75) is 38.3 Å². The van der Waals surface area contributed by atoms with E-state index in [1.165, 1.54) is 12.0 Å². The highest BCUT2D eigenvalue weighted by molar-refractivity contribution is 5.86. The third kappa shape index (κ3) is 4.89. The number of nitrogens with zero attached hydrogens (tertiary/aromatic N) is 1. The summed E-state index contributed by atoms with van der Waals surface area (Å²) in [6.07, 6.45) is 1.88. The summed E-state index contributed by atoms with van der Waals surface area (Å²) in [6.45, 7) is 2.50. The molecule has 1 aliphatic heterocycles. The summed E-state index contributed by atoms with van der Waals surface area (Å²) >= 11 is 0. The fraction of sp³-hybridized carbons (Fsp3) is 0.769. The van der Waals surface area contributed by atoms with Crippen molar-refractivity contribution in [3.05, 3.63) is 0 Å². The number of hydrogen-bond donors (Lipinski definition) is 2. The summed E-state index contributed by atoms with van der Waals surface area (Å²) in [6, 6.07) is -2.39. The van der Waals surface area contributed by atoms with Crippen molar-refractivity contribution in [3.63, 3.8) is 0 Å². The second-order valence-electron chi connectivity index (χ2n) is 4.79. The number of nitrogens with one attached hydrogen (secondary N) is 1. The number of carboxylic acid groups (broad SMARTS) is 1. The summed E-state index contributed by atoms with van der Waals surface area (Å²) in [5.41, 5.74) is 0. The lowest BCUT2D eigenvalue weighted by molar-refractivity contribution is -0.151. The summed E-state index contributed by atoms with van der Waals surface area (Å²) in [5.74, 6) is -1.66. The first-order valence-corrected chi connectivity index (χ1v) is 6.96. The SMILES string of the molecule is CCCC[C@H](NC(=O)N1CCOCC1C(=O)OC)C(=O)O. The molecule has 0 aromatic rings. The van der Waals surface area contributed by atoms with Crippen molar-refractivity contribution in [1.29, 1.82) is 0 Å². The van der Waals surface area contributed by atoms with Crippen LogP contribution in [0.25, 0.3) is 0 Å². The van der Waals surface area contributed by atoms with Crippen LogP contribution in [-0.4, -0.2) is 66.9 Å². The molecule has 0 spiro atoms. The number of aliphatic carboxylic acids is 1. The summed E-state index contributed by atoms with van der Waals surface area (Å²) in [4.78, 5) is 36.2. The Hall–Kier alpha value is -1.83. The van der Waals surface area contributed by atoms with Crippen LogP contribution in [0.1, 0.15) is 26.2 Å². The van der Waals surface area contributed by atoms with Crippen molar-refractivity contribution >= 4 is 18.0 Å². The smallest absolute Gasteiger partial charge is 0.331 e. The first-order chi connectivity index (χ1) is 10.0. The van der Waals surface area contributed by atoms with Gasteiger partial charge in [-0.15, -0.1) is 0 Å². The number of methoxy groups -OCH3 is 1. The van der Waals surface area contributed by atoms with Crippen LogP contribution in [0.4, 0.5) is 4.79 Å². The molecule has 2 atom stereocenters. The Kier molecular flexibility index (Phi) is 6.93. The molecule has 8 nitrogen and oxygen atoms in total. The monoisotopic (exact) mass is 302 g/mol. The fourth-order valence-electron chi connectivity index (χ4n) is 2.08. The molecule has 0 aromatic carbocycles. The Morgan fingerprint density at radius 2 is 2.19 bits per heavy atom. The molecule has 1 unspecified atom stereocenters. The maximum Gasteiger partial charge on any atom is 0.331 e. The Balaban J connectivity index is 2.69. The maximum absolute atomic E-state index is 12.2. The second-order valence-corrected chi connectivity index (χ2v) is 4.79. The molecule has 2 amide bonds. The van der Waals surface area contributed by atoms with Gasteiger partial charge in [0.25, 0.3) is 0 Å². The molecule has 0 saturated carbocycles. The highest BCUT2D eigenvalue weighted by Crippen LogP contribution is 2.10. The van der Waals surface area contributed by atoms with Gasteiger partial charge in [-0.05, 0) is 6.42 Å². The van der Waals surface area contributed by atoms with Gasteiger partial charge in [0.1, 0.15) is 6.04 Å². The number of urea groups is 1. The zero-order valence-corrected chi connectivity index (χ0v) is 12.3. The topological polar surface area (TPSA) is 105 Å². The van der Waals surface area contributed by atoms with E-state index >= 15 is 0 Å².